The Morgan fingerprint density at radius 2 is 1.82 bits per heavy atom. The fraction of sp³-hybridized carbons (Fsp3) is 0.500. The number of piperidine rings is 1. The summed E-state index contributed by atoms with van der Waals surface area (Å²) in [6.07, 6.45) is 1.52. The Morgan fingerprint density at radius 1 is 1.23 bits per heavy atom. The number of likely N-dealkylation sites (tertiary alicyclic amines) is 1. The average molecular weight is 315 g/mol. The normalized spacial score (nSPS) is 16.9. The molecule has 0 saturated carbocycles. The van der Waals surface area contributed by atoms with Crippen LogP contribution in [0, 0.1) is 17.4 Å². The SMILES string of the molecule is C[Si](C)(C)C#Cc1ccc(CN2CCC(C(=O)O)CC2)cc1. The topological polar surface area (TPSA) is 40.5 Å². The van der Waals surface area contributed by atoms with Crippen molar-refractivity contribution in [3.63, 3.8) is 0 Å². The third-order valence-electron chi connectivity index (χ3n) is 3.88. The van der Waals surface area contributed by atoms with E-state index in [0.29, 0.717) is 0 Å². The Bertz CT molecular complexity index is 570. The van der Waals surface area contributed by atoms with Crippen molar-refractivity contribution in [2.45, 2.75) is 39.0 Å². The molecule has 4 heteroatoms. The van der Waals surface area contributed by atoms with Gasteiger partial charge in [-0.3, -0.25) is 9.69 Å². The second-order valence-electron chi connectivity index (χ2n) is 7.09. The van der Waals surface area contributed by atoms with Gasteiger partial charge in [-0.15, -0.1) is 5.54 Å². The van der Waals surface area contributed by atoms with Gasteiger partial charge >= 0.3 is 5.97 Å². The summed E-state index contributed by atoms with van der Waals surface area (Å²) < 4.78 is 0. The van der Waals surface area contributed by atoms with Gasteiger partial charge < -0.3 is 5.11 Å². The van der Waals surface area contributed by atoms with E-state index in [1.807, 2.05) is 0 Å². The molecule has 0 aliphatic carbocycles. The van der Waals surface area contributed by atoms with Crippen LogP contribution in [0.4, 0.5) is 0 Å². The van der Waals surface area contributed by atoms with Gasteiger partial charge in [-0.1, -0.05) is 37.7 Å². The van der Waals surface area contributed by atoms with Crippen molar-refractivity contribution in [2.75, 3.05) is 13.1 Å². The summed E-state index contributed by atoms with van der Waals surface area (Å²) in [4.78, 5) is 13.3. The second-order valence-corrected chi connectivity index (χ2v) is 11.8. The largest absolute Gasteiger partial charge is 0.481 e. The van der Waals surface area contributed by atoms with Crippen molar-refractivity contribution in [1.82, 2.24) is 4.90 Å². The fourth-order valence-corrected chi connectivity index (χ4v) is 3.07. The number of hydrogen-bond acceptors (Lipinski definition) is 2. The number of carboxylic acids is 1. The first kappa shape index (κ1) is 16.8. The molecule has 1 aliphatic rings. The maximum Gasteiger partial charge on any atom is 0.306 e. The Kier molecular flexibility index (Phi) is 5.44. The lowest BCUT2D eigenvalue weighted by Crippen LogP contribution is -2.35. The summed E-state index contributed by atoms with van der Waals surface area (Å²) in [6.45, 7) is 9.37. The van der Waals surface area contributed by atoms with Gasteiger partial charge in [0.15, 0.2) is 0 Å². The molecular formula is C18H25NO2Si. The van der Waals surface area contributed by atoms with Crippen LogP contribution in [0.25, 0.3) is 0 Å². The number of carbonyl (C=O) groups is 1. The van der Waals surface area contributed by atoms with Crippen LogP contribution in [-0.2, 0) is 11.3 Å². The Labute approximate surface area is 134 Å². The first-order chi connectivity index (χ1) is 10.3. The van der Waals surface area contributed by atoms with Gasteiger partial charge in [0, 0.05) is 12.1 Å². The Hall–Kier alpha value is -1.57. The molecule has 22 heavy (non-hydrogen) atoms. The monoisotopic (exact) mass is 315 g/mol. The van der Waals surface area contributed by atoms with E-state index in [4.69, 9.17) is 5.11 Å². The molecule has 1 aromatic carbocycles. The number of hydrogen-bond donors (Lipinski definition) is 1. The fourth-order valence-electron chi connectivity index (χ4n) is 2.55. The third-order valence-corrected chi connectivity index (χ3v) is 4.75. The summed E-state index contributed by atoms with van der Waals surface area (Å²) in [6, 6.07) is 8.45. The number of rotatable bonds is 3. The van der Waals surface area contributed by atoms with Crippen molar-refractivity contribution >= 4 is 14.0 Å². The molecule has 3 nitrogen and oxygen atoms in total. The van der Waals surface area contributed by atoms with E-state index in [-0.39, 0.29) is 5.92 Å². The maximum absolute atomic E-state index is 11.0. The highest BCUT2D eigenvalue weighted by molar-refractivity contribution is 6.83. The highest BCUT2D eigenvalue weighted by Gasteiger charge is 2.24. The van der Waals surface area contributed by atoms with Crippen molar-refractivity contribution < 1.29 is 9.90 Å². The van der Waals surface area contributed by atoms with E-state index >= 15 is 0 Å². The van der Waals surface area contributed by atoms with E-state index < -0.39 is 14.0 Å². The van der Waals surface area contributed by atoms with Gasteiger partial charge in [0.25, 0.3) is 0 Å². The van der Waals surface area contributed by atoms with E-state index in [9.17, 15) is 4.79 Å². The van der Waals surface area contributed by atoms with Crippen molar-refractivity contribution in [3.05, 3.63) is 35.4 Å². The van der Waals surface area contributed by atoms with Gasteiger partial charge in [-0.2, -0.15) is 0 Å². The average Bonchev–Trinajstić information content (AvgIpc) is 2.46. The zero-order valence-electron chi connectivity index (χ0n) is 13.7. The highest BCUT2D eigenvalue weighted by atomic mass is 28.3. The lowest BCUT2D eigenvalue weighted by molar-refractivity contribution is -0.143. The first-order valence-corrected chi connectivity index (χ1v) is 11.4. The molecule has 1 aromatic rings. The summed E-state index contributed by atoms with van der Waals surface area (Å²) in [5, 5.41) is 9.02. The molecule has 0 spiro atoms. The van der Waals surface area contributed by atoms with E-state index in [0.717, 1.165) is 38.0 Å². The van der Waals surface area contributed by atoms with E-state index in [1.54, 1.807) is 0 Å². The summed E-state index contributed by atoms with van der Waals surface area (Å²) >= 11 is 0. The van der Waals surface area contributed by atoms with Crippen molar-refractivity contribution in [2.24, 2.45) is 5.92 Å². The van der Waals surface area contributed by atoms with Gasteiger partial charge in [-0.05, 0) is 43.6 Å². The van der Waals surface area contributed by atoms with Crippen LogP contribution >= 0.6 is 0 Å². The summed E-state index contributed by atoms with van der Waals surface area (Å²) in [5.41, 5.74) is 5.73. The van der Waals surface area contributed by atoms with Gasteiger partial charge in [-0.25, -0.2) is 0 Å². The van der Waals surface area contributed by atoms with Crippen LogP contribution in [0.2, 0.25) is 19.6 Å². The molecule has 1 fully saturated rings. The number of nitrogens with zero attached hydrogens (tertiary/aromatic N) is 1. The van der Waals surface area contributed by atoms with Gasteiger partial charge in [0.1, 0.15) is 8.07 Å². The molecule has 2 rings (SSSR count). The molecule has 0 atom stereocenters. The molecule has 1 heterocycles. The summed E-state index contributed by atoms with van der Waals surface area (Å²) in [5.74, 6) is 2.46. The lowest BCUT2D eigenvalue weighted by atomic mass is 9.97. The van der Waals surface area contributed by atoms with Crippen LogP contribution in [0.15, 0.2) is 24.3 Å². The summed E-state index contributed by atoms with van der Waals surface area (Å²) in [7, 11) is -1.32. The van der Waals surface area contributed by atoms with E-state index in [1.165, 1.54) is 5.56 Å². The predicted octanol–water partition coefficient (Wildman–Crippen LogP) is 3.21. The molecular weight excluding hydrogens is 290 g/mol. The van der Waals surface area contributed by atoms with Gasteiger partial charge in [0.05, 0.1) is 5.92 Å². The molecule has 118 valence electrons. The standard InChI is InChI=1S/C18H25NO2Si/c1-22(2,3)13-10-15-4-6-16(7-5-15)14-19-11-8-17(9-12-19)18(20)21/h4-7,17H,8-9,11-12,14H2,1-3H3,(H,20,21). The van der Waals surface area contributed by atoms with Crippen LogP contribution < -0.4 is 0 Å². The van der Waals surface area contributed by atoms with Crippen molar-refractivity contribution in [1.29, 1.82) is 0 Å². The molecule has 0 radical (unpaired) electrons. The smallest absolute Gasteiger partial charge is 0.306 e. The maximum atomic E-state index is 11.0. The van der Waals surface area contributed by atoms with Crippen LogP contribution in [0.5, 0.6) is 0 Å². The number of aliphatic carboxylic acids is 1. The van der Waals surface area contributed by atoms with Crippen LogP contribution in [-0.4, -0.2) is 37.1 Å². The molecule has 1 aliphatic heterocycles. The quantitative estimate of drug-likeness (QED) is 0.688. The highest BCUT2D eigenvalue weighted by Crippen LogP contribution is 2.19. The number of benzene rings is 1. The molecule has 1 saturated heterocycles. The second kappa shape index (κ2) is 7.13. The Morgan fingerprint density at radius 3 is 2.32 bits per heavy atom. The van der Waals surface area contributed by atoms with Gasteiger partial charge in [0.2, 0.25) is 0 Å². The molecule has 0 bridgehead atoms. The minimum Gasteiger partial charge on any atom is -0.481 e. The molecule has 1 N–H and O–H groups in total. The lowest BCUT2D eigenvalue weighted by Gasteiger charge is -2.29. The molecule has 0 amide bonds. The zero-order valence-corrected chi connectivity index (χ0v) is 14.7. The predicted molar refractivity (Wildman–Crippen MR) is 92.3 cm³/mol. The van der Waals surface area contributed by atoms with Crippen LogP contribution in [0.3, 0.4) is 0 Å². The minimum absolute atomic E-state index is 0.157. The first-order valence-electron chi connectivity index (χ1n) is 7.91. The zero-order chi connectivity index (χ0) is 16.2. The van der Waals surface area contributed by atoms with E-state index in [2.05, 4.69) is 60.3 Å². The third kappa shape index (κ3) is 5.32. The Balaban J connectivity index is 1.89. The van der Waals surface area contributed by atoms with Crippen molar-refractivity contribution in [3.8, 4) is 11.5 Å². The molecule has 0 aromatic heterocycles. The molecule has 0 unspecified atom stereocenters. The van der Waals surface area contributed by atoms with Crippen LogP contribution in [0.1, 0.15) is 24.0 Å². The number of carboxylic acid groups (broad SMARTS) is 1. The minimum atomic E-state index is -1.32.